The zero-order valence-corrected chi connectivity index (χ0v) is 13.2. The normalized spacial score (nSPS) is 33.1. The molecule has 20 heavy (non-hydrogen) atoms. The Labute approximate surface area is 124 Å². The predicted molar refractivity (Wildman–Crippen MR) is 83.6 cm³/mol. The zero-order chi connectivity index (χ0) is 14.3. The highest BCUT2D eigenvalue weighted by molar-refractivity contribution is 5.11. The van der Waals surface area contributed by atoms with Gasteiger partial charge in [0.1, 0.15) is 5.54 Å². The maximum atomic E-state index is 9.65. The molecule has 2 unspecified atom stereocenters. The quantitative estimate of drug-likeness (QED) is 0.855. The van der Waals surface area contributed by atoms with E-state index in [2.05, 4.69) is 23.2 Å². The lowest BCUT2D eigenvalue weighted by Gasteiger charge is -2.42. The monoisotopic (exact) mass is 277 g/mol. The molecule has 0 bridgehead atoms. The molecular weight excluding hydrogens is 246 g/mol. The average Bonchev–Trinajstić information content (AvgIpc) is 2.45. The van der Waals surface area contributed by atoms with Crippen LogP contribution in [0.5, 0.6) is 0 Å². The van der Waals surface area contributed by atoms with Crippen LogP contribution < -0.4 is 5.32 Å². The van der Waals surface area contributed by atoms with Gasteiger partial charge in [-0.15, -0.1) is 0 Å². The fourth-order valence-electron chi connectivity index (χ4n) is 3.86. The van der Waals surface area contributed by atoms with Crippen LogP contribution in [0.15, 0.2) is 0 Å². The van der Waals surface area contributed by atoms with Gasteiger partial charge in [-0.2, -0.15) is 5.26 Å². The second-order valence-corrected chi connectivity index (χ2v) is 6.67. The SMILES string of the molecule is CCCNC1(C#N)CCCC(N2CCCCCCC2)C1. The summed E-state index contributed by atoms with van der Waals surface area (Å²) in [5, 5.41) is 13.2. The summed E-state index contributed by atoms with van der Waals surface area (Å²) in [7, 11) is 0. The maximum absolute atomic E-state index is 9.65. The van der Waals surface area contributed by atoms with Crippen molar-refractivity contribution in [1.29, 1.82) is 5.26 Å². The van der Waals surface area contributed by atoms with Crippen molar-refractivity contribution >= 4 is 0 Å². The van der Waals surface area contributed by atoms with E-state index >= 15 is 0 Å². The molecule has 2 aliphatic rings. The van der Waals surface area contributed by atoms with Crippen LogP contribution in [-0.2, 0) is 0 Å². The standard InChI is InChI=1S/C17H31N3/c1-2-11-19-17(15-18)10-8-9-16(14-17)20-12-6-4-3-5-7-13-20/h16,19H,2-14H2,1H3. The van der Waals surface area contributed by atoms with E-state index in [0.717, 1.165) is 25.8 Å². The molecule has 1 heterocycles. The number of likely N-dealkylation sites (tertiary alicyclic amines) is 1. The first-order valence-corrected chi connectivity index (χ1v) is 8.70. The van der Waals surface area contributed by atoms with Gasteiger partial charge >= 0.3 is 0 Å². The van der Waals surface area contributed by atoms with Crippen LogP contribution in [0.4, 0.5) is 0 Å². The van der Waals surface area contributed by atoms with E-state index in [0.29, 0.717) is 6.04 Å². The Bertz CT molecular complexity index is 315. The average molecular weight is 277 g/mol. The minimum atomic E-state index is -0.249. The molecule has 1 N–H and O–H groups in total. The topological polar surface area (TPSA) is 39.1 Å². The van der Waals surface area contributed by atoms with Gasteiger partial charge in [0.15, 0.2) is 0 Å². The maximum Gasteiger partial charge on any atom is 0.108 e. The molecule has 0 aromatic heterocycles. The summed E-state index contributed by atoms with van der Waals surface area (Å²) in [4.78, 5) is 2.69. The van der Waals surface area contributed by atoms with Gasteiger partial charge in [0, 0.05) is 6.04 Å². The molecule has 3 nitrogen and oxygen atoms in total. The summed E-state index contributed by atoms with van der Waals surface area (Å²) < 4.78 is 0. The van der Waals surface area contributed by atoms with E-state index in [9.17, 15) is 5.26 Å². The largest absolute Gasteiger partial charge is 0.300 e. The van der Waals surface area contributed by atoms with Gasteiger partial charge in [-0.1, -0.05) is 26.2 Å². The van der Waals surface area contributed by atoms with Crippen molar-refractivity contribution in [3.05, 3.63) is 0 Å². The molecule has 2 rings (SSSR count). The molecule has 0 spiro atoms. The van der Waals surface area contributed by atoms with E-state index in [-0.39, 0.29) is 5.54 Å². The van der Waals surface area contributed by atoms with Gasteiger partial charge in [0.25, 0.3) is 0 Å². The second kappa shape index (κ2) is 8.00. The number of nitriles is 1. The van der Waals surface area contributed by atoms with Crippen molar-refractivity contribution in [2.75, 3.05) is 19.6 Å². The molecule has 1 saturated carbocycles. The highest BCUT2D eigenvalue weighted by Gasteiger charge is 2.37. The summed E-state index contributed by atoms with van der Waals surface area (Å²) in [6.45, 7) is 5.65. The molecule has 3 heteroatoms. The Kier molecular flexibility index (Phi) is 6.32. The lowest BCUT2D eigenvalue weighted by atomic mass is 9.79. The Morgan fingerprint density at radius 2 is 1.85 bits per heavy atom. The minimum absolute atomic E-state index is 0.249. The summed E-state index contributed by atoms with van der Waals surface area (Å²) in [5.41, 5.74) is -0.249. The molecule has 0 amide bonds. The van der Waals surface area contributed by atoms with Crippen molar-refractivity contribution in [2.24, 2.45) is 0 Å². The van der Waals surface area contributed by atoms with Gasteiger partial charge in [-0.25, -0.2) is 0 Å². The number of nitrogens with one attached hydrogen (secondary N) is 1. The Hall–Kier alpha value is -0.590. The van der Waals surface area contributed by atoms with Gasteiger partial charge in [0.2, 0.25) is 0 Å². The smallest absolute Gasteiger partial charge is 0.108 e. The molecule has 114 valence electrons. The van der Waals surface area contributed by atoms with Crippen molar-refractivity contribution in [3.8, 4) is 6.07 Å². The minimum Gasteiger partial charge on any atom is -0.300 e. The number of rotatable bonds is 4. The lowest BCUT2D eigenvalue weighted by molar-refractivity contribution is 0.111. The molecule has 1 aliphatic carbocycles. The van der Waals surface area contributed by atoms with Crippen LogP contribution in [0.25, 0.3) is 0 Å². The molecule has 0 aromatic rings. The number of hydrogen-bond donors (Lipinski definition) is 1. The van der Waals surface area contributed by atoms with E-state index in [1.807, 2.05) is 0 Å². The molecule has 1 saturated heterocycles. The first-order valence-electron chi connectivity index (χ1n) is 8.70. The van der Waals surface area contributed by atoms with Gasteiger partial charge in [-0.3, -0.25) is 5.32 Å². The van der Waals surface area contributed by atoms with Gasteiger partial charge < -0.3 is 4.90 Å². The van der Waals surface area contributed by atoms with E-state index in [1.165, 1.54) is 58.0 Å². The summed E-state index contributed by atoms with van der Waals surface area (Å²) in [6, 6.07) is 3.24. The molecule has 0 aromatic carbocycles. The summed E-state index contributed by atoms with van der Waals surface area (Å²) in [5.74, 6) is 0. The van der Waals surface area contributed by atoms with Crippen LogP contribution >= 0.6 is 0 Å². The van der Waals surface area contributed by atoms with E-state index in [1.54, 1.807) is 0 Å². The van der Waals surface area contributed by atoms with Crippen molar-refractivity contribution in [3.63, 3.8) is 0 Å². The van der Waals surface area contributed by atoms with Gasteiger partial charge in [-0.05, 0) is 64.6 Å². The summed E-state index contributed by atoms with van der Waals surface area (Å²) >= 11 is 0. The third-order valence-electron chi connectivity index (χ3n) is 5.06. The van der Waals surface area contributed by atoms with Crippen molar-refractivity contribution < 1.29 is 0 Å². The van der Waals surface area contributed by atoms with Crippen LogP contribution in [0.3, 0.4) is 0 Å². The van der Waals surface area contributed by atoms with Crippen LogP contribution in [0.1, 0.15) is 71.1 Å². The summed E-state index contributed by atoms with van der Waals surface area (Å²) in [6.07, 6.45) is 12.6. The Balaban J connectivity index is 1.95. The molecule has 0 radical (unpaired) electrons. The van der Waals surface area contributed by atoms with Crippen molar-refractivity contribution in [1.82, 2.24) is 10.2 Å². The van der Waals surface area contributed by atoms with Gasteiger partial charge in [0.05, 0.1) is 6.07 Å². The number of hydrogen-bond acceptors (Lipinski definition) is 3. The lowest BCUT2D eigenvalue weighted by Crippen LogP contribution is -2.53. The van der Waals surface area contributed by atoms with Crippen LogP contribution in [-0.4, -0.2) is 36.1 Å². The number of nitrogens with zero attached hydrogens (tertiary/aromatic N) is 2. The molecule has 1 aliphatic heterocycles. The zero-order valence-electron chi connectivity index (χ0n) is 13.2. The fourth-order valence-corrected chi connectivity index (χ4v) is 3.86. The predicted octanol–water partition coefficient (Wildman–Crippen LogP) is 3.46. The molecule has 2 atom stereocenters. The fraction of sp³-hybridized carbons (Fsp3) is 0.941. The van der Waals surface area contributed by atoms with E-state index in [4.69, 9.17) is 0 Å². The second-order valence-electron chi connectivity index (χ2n) is 6.67. The van der Waals surface area contributed by atoms with Crippen molar-refractivity contribution in [2.45, 2.75) is 82.7 Å². The highest BCUT2D eigenvalue weighted by Crippen LogP contribution is 2.32. The molecular formula is C17H31N3. The van der Waals surface area contributed by atoms with Crippen LogP contribution in [0, 0.1) is 11.3 Å². The third kappa shape index (κ3) is 4.20. The third-order valence-corrected chi connectivity index (χ3v) is 5.06. The first-order chi connectivity index (χ1) is 9.79. The first kappa shape index (κ1) is 15.8. The Morgan fingerprint density at radius 1 is 1.15 bits per heavy atom. The van der Waals surface area contributed by atoms with Crippen LogP contribution in [0.2, 0.25) is 0 Å². The Morgan fingerprint density at radius 3 is 2.50 bits per heavy atom. The highest BCUT2D eigenvalue weighted by atomic mass is 15.2. The van der Waals surface area contributed by atoms with E-state index < -0.39 is 0 Å². The molecule has 2 fully saturated rings.